The highest BCUT2D eigenvalue weighted by atomic mass is 19.1. The van der Waals surface area contributed by atoms with Gasteiger partial charge in [-0.25, -0.2) is 8.78 Å². The number of hydrogen-bond donors (Lipinski definition) is 0. The second kappa shape index (κ2) is 10.4. The van der Waals surface area contributed by atoms with E-state index < -0.39 is 11.6 Å². The first-order valence-corrected chi connectivity index (χ1v) is 10.8. The Labute approximate surface area is 174 Å². The van der Waals surface area contributed by atoms with E-state index in [0.717, 1.165) is 43.2 Å². The van der Waals surface area contributed by atoms with Crippen LogP contribution in [-0.4, -0.2) is 0 Å². The molecule has 1 aliphatic carbocycles. The maximum Gasteiger partial charge on any atom is 0.142 e. The van der Waals surface area contributed by atoms with E-state index in [9.17, 15) is 8.78 Å². The molecule has 0 aromatic heterocycles. The van der Waals surface area contributed by atoms with Gasteiger partial charge in [-0.2, -0.15) is 0 Å². The number of hydrogen-bond acceptors (Lipinski definition) is 0. The third kappa shape index (κ3) is 5.80. The van der Waals surface area contributed by atoms with Gasteiger partial charge in [0.05, 0.1) is 5.56 Å². The van der Waals surface area contributed by atoms with Gasteiger partial charge in [-0.15, -0.1) is 6.58 Å². The molecule has 0 unspecified atom stereocenters. The molecule has 29 heavy (non-hydrogen) atoms. The van der Waals surface area contributed by atoms with Crippen LogP contribution in [0, 0.1) is 29.4 Å². The first-order valence-electron chi connectivity index (χ1n) is 10.8. The van der Waals surface area contributed by atoms with Crippen LogP contribution < -0.4 is 0 Å². The molecule has 0 amide bonds. The monoisotopic (exact) mass is 392 g/mol. The first kappa shape index (κ1) is 21.3. The number of allylic oxidation sites excluding steroid dienone is 1. The molecule has 0 radical (unpaired) electrons. The molecule has 0 atom stereocenters. The fraction of sp³-hybridized carbons (Fsp3) is 0.407. The number of aryl methyl sites for hydroxylation is 1. The van der Waals surface area contributed by atoms with Gasteiger partial charge in [-0.05, 0) is 85.8 Å². The molecule has 0 aliphatic heterocycles. The Balaban J connectivity index is 1.70. The van der Waals surface area contributed by atoms with Crippen molar-refractivity contribution >= 4 is 0 Å². The van der Waals surface area contributed by atoms with Crippen LogP contribution in [-0.2, 0) is 6.42 Å². The minimum atomic E-state index is -0.561. The smallest absolute Gasteiger partial charge is 0.142 e. The van der Waals surface area contributed by atoms with E-state index in [1.807, 2.05) is 18.2 Å². The van der Waals surface area contributed by atoms with Gasteiger partial charge < -0.3 is 0 Å². The fourth-order valence-electron chi connectivity index (χ4n) is 4.10. The lowest BCUT2D eigenvalue weighted by Crippen LogP contribution is -2.12. The summed E-state index contributed by atoms with van der Waals surface area (Å²) in [6.07, 6.45) is 10.6. The van der Waals surface area contributed by atoms with Gasteiger partial charge in [0.25, 0.3) is 0 Å². The van der Waals surface area contributed by atoms with Crippen LogP contribution in [0.15, 0.2) is 49.1 Å². The quantitative estimate of drug-likeness (QED) is 0.270. The Hall–Kier alpha value is -2.40. The summed E-state index contributed by atoms with van der Waals surface area (Å²) in [4.78, 5) is 0. The van der Waals surface area contributed by atoms with Crippen molar-refractivity contribution < 1.29 is 8.78 Å². The van der Waals surface area contributed by atoms with Gasteiger partial charge in [0.1, 0.15) is 11.6 Å². The summed E-state index contributed by atoms with van der Waals surface area (Å²) in [6, 6.07) is 10.9. The van der Waals surface area contributed by atoms with Crippen LogP contribution in [0.25, 0.3) is 0 Å². The highest BCUT2D eigenvalue weighted by Gasteiger charge is 2.22. The molecule has 0 bridgehead atoms. The second-order valence-electron chi connectivity index (χ2n) is 8.11. The Morgan fingerprint density at radius 1 is 0.966 bits per heavy atom. The van der Waals surface area contributed by atoms with Crippen molar-refractivity contribution in [1.82, 2.24) is 0 Å². The van der Waals surface area contributed by atoms with Crippen molar-refractivity contribution in [2.24, 2.45) is 5.92 Å². The van der Waals surface area contributed by atoms with Crippen molar-refractivity contribution in [3.05, 3.63) is 82.9 Å². The lowest BCUT2D eigenvalue weighted by atomic mass is 9.78. The molecule has 2 aromatic rings. The first-order chi connectivity index (χ1) is 14.1. The maximum absolute atomic E-state index is 14.6. The fourth-order valence-corrected chi connectivity index (χ4v) is 4.10. The number of rotatable bonds is 6. The average molecular weight is 393 g/mol. The van der Waals surface area contributed by atoms with E-state index in [-0.39, 0.29) is 11.5 Å². The Bertz CT molecular complexity index is 852. The zero-order valence-electron chi connectivity index (χ0n) is 17.3. The van der Waals surface area contributed by atoms with Crippen LogP contribution in [0.2, 0.25) is 0 Å². The van der Waals surface area contributed by atoms with Crippen molar-refractivity contribution in [2.75, 3.05) is 0 Å². The van der Waals surface area contributed by atoms with E-state index in [4.69, 9.17) is 0 Å². The van der Waals surface area contributed by atoms with Crippen LogP contribution in [0.5, 0.6) is 0 Å². The highest BCUT2D eigenvalue weighted by Crippen LogP contribution is 2.37. The molecule has 152 valence electrons. The summed E-state index contributed by atoms with van der Waals surface area (Å²) >= 11 is 0. The largest absolute Gasteiger partial charge is 0.206 e. The van der Waals surface area contributed by atoms with Crippen LogP contribution in [0.4, 0.5) is 8.78 Å². The van der Waals surface area contributed by atoms with Gasteiger partial charge >= 0.3 is 0 Å². The summed E-state index contributed by atoms with van der Waals surface area (Å²) < 4.78 is 29.2. The second-order valence-corrected chi connectivity index (χ2v) is 8.11. The lowest BCUT2D eigenvalue weighted by Gasteiger charge is -2.27. The normalized spacial score (nSPS) is 18.7. The standard InChI is InChI=1S/C27H30F2/c1-3-5-6-7-21-8-10-22(11-9-21)14-17-25-26(28)18-24(19-27(25)29)23-15-12-20(4-2)13-16-23/h4,8-11,18-20,23H,2-3,5-7,12-13,15-16H2,1H3. The SMILES string of the molecule is C=CC1CCC(c2cc(F)c(C#Cc3ccc(CCCCC)cc3)c(F)c2)CC1. The molecule has 1 saturated carbocycles. The van der Waals surface area contributed by atoms with E-state index in [0.29, 0.717) is 5.92 Å². The third-order valence-corrected chi connectivity index (χ3v) is 6.00. The molecule has 2 aromatic carbocycles. The van der Waals surface area contributed by atoms with Crippen LogP contribution in [0.3, 0.4) is 0 Å². The summed E-state index contributed by atoms with van der Waals surface area (Å²) in [5.41, 5.74) is 2.66. The zero-order chi connectivity index (χ0) is 20.6. The molecule has 0 spiro atoms. The van der Waals surface area contributed by atoms with E-state index in [1.54, 1.807) is 0 Å². The van der Waals surface area contributed by atoms with Crippen LogP contribution in [0.1, 0.15) is 80.0 Å². The van der Waals surface area contributed by atoms with E-state index in [2.05, 4.69) is 37.5 Å². The minimum absolute atomic E-state index is 0.138. The summed E-state index contributed by atoms with van der Waals surface area (Å²) in [6.45, 7) is 6.04. The number of halogens is 2. The molecule has 0 saturated heterocycles. The molecular weight excluding hydrogens is 362 g/mol. The Kier molecular flexibility index (Phi) is 7.64. The molecule has 0 nitrogen and oxygen atoms in total. The predicted molar refractivity (Wildman–Crippen MR) is 117 cm³/mol. The Morgan fingerprint density at radius 2 is 1.62 bits per heavy atom. The van der Waals surface area contributed by atoms with Gasteiger partial charge in [0, 0.05) is 5.56 Å². The van der Waals surface area contributed by atoms with Gasteiger partial charge in [0.15, 0.2) is 0 Å². The molecule has 2 heteroatoms. The molecule has 0 N–H and O–H groups in total. The molecule has 3 rings (SSSR count). The zero-order valence-corrected chi connectivity index (χ0v) is 17.3. The number of benzene rings is 2. The predicted octanol–water partition coefficient (Wildman–Crippen LogP) is 7.56. The van der Waals surface area contributed by atoms with Gasteiger partial charge in [-0.3, -0.25) is 0 Å². The van der Waals surface area contributed by atoms with Crippen LogP contribution >= 0.6 is 0 Å². The van der Waals surface area contributed by atoms with E-state index >= 15 is 0 Å². The molecular formula is C27H30F2. The van der Waals surface area contributed by atoms with Crippen molar-refractivity contribution in [3.63, 3.8) is 0 Å². The summed E-state index contributed by atoms with van der Waals surface area (Å²) in [5, 5.41) is 0. The molecule has 0 heterocycles. The third-order valence-electron chi connectivity index (χ3n) is 6.00. The average Bonchev–Trinajstić information content (AvgIpc) is 2.74. The molecule has 1 aliphatic rings. The highest BCUT2D eigenvalue weighted by molar-refractivity contribution is 5.46. The minimum Gasteiger partial charge on any atom is -0.206 e. The Morgan fingerprint density at radius 3 is 2.21 bits per heavy atom. The maximum atomic E-state index is 14.6. The summed E-state index contributed by atoms with van der Waals surface area (Å²) in [5.74, 6) is 5.24. The van der Waals surface area contributed by atoms with Gasteiger partial charge in [0.2, 0.25) is 0 Å². The van der Waals surface area contributed by atoms with E-state index in [1.165, 1.54) is 37.0 Å². The van der Waals surface area contributed by atoms with Crippen molar-refractivity contribution in [2.45, 2.75) is 64.2 Å². The number of unbranched alkanes of at least 4 members (excludes halogenated alkanes) is 2. The molecule has 1 fully saturated rings. The van der Waals surface area contributed by atoms with Crippen molar-refractivity contribution in [3.8, 4) is 11.8 Å². The van der Waals surface area contributed by atoms with Crippen molar-refractivity contribution in [1.29, 1.82) is 0 Å². The topological polar surface area (TPSA) is 0 Å². The van der Waals surface area contributed by atoms with Gasteiger partial charge in [-0.1, -0.05) is 49.8 Å². The summed E-state index contributed by atoms with van der Waals surface area (Å²) in [7, 11) is 0. The lowest BCUT2D eigenvalue weighted by molar-refractivity contribution is 0.374.